The molecule has 282 valence electrons. The Morgan fingerprint density at radius 2 is 0.770 bits per heavy atom. The third kappa shape index (κ3) is 4.73. The second-order valence-corrected chi connectivity index (χ2v) is 16.9. The predicted molar refractivity (Wildman–Crippen MR) is 254 cm³/mol. The fourth-order valence-corrected chi connectivity index (χ4v) is 10.8. The molecule has 5 nitrogen and oxygen atoms in total. The van der Waals surface area contributed by atoms with Crippen LogP contribution < -0.4 is 0 Å². The van der Waals surface area contributed by atoms with E-state index in [2.05, 4.69) is 176 Å². The van der Waals surface area contributed by atoms with E-state index in [-0.39, 0.29) is 0 Å². The van der Waals surface area contributed by atoms with Crippen LogP contribution in [0, 0.1) is 0 Å². The lowest BCUT2D eigenvalue weighted by molar-refractivity contribution is 0.670. The molecule has 14 aromatic rings. The van der Waals surface area contributed by atoms with Crippen LogP contribution in [-0.2, 0) is 0 Å². The Bertz CT molecular complexity index is 3980. The Kier molecular flexibility index (Phi) is 6.65. The lowest BCUT2D eigenvalue weighted by Crippen LogP contribution is -2.01. The number of rotatable bonds is 3. The summed E-state index contributed by atoms with van der Waals surface area (Å²) in [7, 11) is 0. The standard InChI is InChI=1S/C55H29N3O2S/c1-5-15-35-30(11-1)21-24-43-47(35)49-37-17-7-3-13-32(37)27-41(51(49)59-43)54-56-53(34-23-26-46-40(29-34)39-19-9-10-20-45(39)61-46)57-55(58-54)42-28-33-14-4-8-18-38(33)50-48-36-16-6-2-12-31(36)22-25-44(48)60-52(42)50/h1-29H. The fourth-order valence-electron chi connectivity index (χ4n) is 9.72. The first kappa shape index (κ1) is 33.0. The third-order valence-corrected chi connectivity index (χ3v) is 13.6. The van der Waals surface area contributed by atoms with Crippen LogP contribution in [0.1, 0.15) is 0 Å². The minimum Gasteiger partial charge on any atom is -0.455 e. The molecule has 10 aromatic carbocycles. The van der Waals surface area contributed by atoms with Crippen molar-refractivity contribution in [2.75, 3.05) is 0 Å². The quantitative estimate of drug-likeness (QED) is 0.178. The highest BCUT2D eigenvalue weighted by atomic mass is 32.1. The second-order valence-electron chi connectivity index (χ2n) is 15.8. The van der Waals surface area contributed by atoms with Crippen LogP contribution >= 0.6 is 11.3 Å². The number of hydrogen-bond acceptors (Lipinski definition) is 6. The Balaban J connectivity index is 1.12. The summed E-state index contributed by atoms with van der Waals surface area (Å²) >= 11 is 1.80. The van der Waals surface area contributed by atoms with Gasteiger partial charge in [-0.25, -0.2) is 15.0 Å². The van der Waals surface area contributed by atoms with E-state index in [9.17, 15) is 0 Å². The molecule has 0 aliphatic heterocycles. The summed E-state index contributed by atoms with van der Waals surface area (Å²) < 4.78 is 16.3. The van der Waals surface area contributed by atoms with Crippen LogP contribution in [0.25, 0.3) is 141 Å². The molecule has 4 heterocycles. The lowest BCUT2D eigenvalue weighted by atomic mass is 9.96. The van der Waals surface area contributed by atoms with E-state index in [0.29, 0.717) is 17.5 Å². The molecule has 0 spiro atoms. The van der Waals surface area contributed by atoms with E-state index in [1.165, 1.54) is 20.2 Å². The zero-order valence-corrected chi connectivity index (χ0v) is 33.1. The number of nitrogens with zero attached hydrogens (tertiary/aromatic N) is 3. The molecule has 0 saturated heterocycles. The normalized spacial score (nSPS) is 12.3. The first-order valence-electron chi connectivity index (χ1n) is 20.4. The second kappa shape index (κ2) is 12.3. The number of thiophene rings is 1. The Hall–Kier alpha value is -7.93. The van der Waals surface area contributed by atoms with Gasteiger partial charge in [-0.1, -0.05) is 127 Å². The minimum atomic E-state index is 0.525. The molecular weight excluding hydrogens is 767 g/mol. The highest BCUT2D eigenvalue weighted by Crippen LogP contribution is 2.46. The van der Waals surface area contributed by atoms with Crippen molar-refractivity contribution < 1.29 is 8.83 Å². The minimum absolute atomic E-state index is 0.525. The summed E-state index contributed by atoms with van der Waals surface area (Å²) in [6.07, 6.45) is 0. The summed E-state index contributed by atoms with van der Waals surface area (Å²) in [6, 6.07) is 61.9. The zero-order valence-electron chi connectivity index (χ0n) is 32.3. The van der Waals surface area contributed by atoms with Crippen molar-refractivity contribution in [3.63, 3.8) is 0 Å². The first-order valence-corrected chi connectivity index (χ1v) is 21.2. The van der Waals surface area contributed by atoms with Crippen molar-refractivity contribution in [1.29, 1.82) is 0 Å². The summed E-state index contributed by atoms with van der Waals surface area (Å²) in [6.45, 7) is 0. The molecule has 61 heavy (non-hydrogen) atoms. The Labute approximate surface area is 350 Å². The average Bonchev–Trinajstić information content (AvgIpc) is 4.03. The monoisotopic (exact) mass is 795 g/mol. The van der Waals surface area contributed by atoms with Crippen molar-refractivity contribution in [2.45, 2.75) is 0 Å². The van der Waals surface area contributed by atoms with E-state index < -0.39 is 0 Å². The average molecular weight is 796 g/mol. The van der Waals surface area contributed by atoms with Crippen molar-refractivity contribution in [2.24, 2.45) is 0 Å². The van der Waals surface area contributed by atoms with E-state index in [0.717, 1.165) is 104 Å². The Morgan fingerprint density at radius 1 is 0.328 bits per heavy atom. The van der Waals surface area contributed by atoms with Crippen LogP contribution in [0.4, 0.5) is 0 Å². The maximum atomic E-state index is 6.93. The largest absolute Gasteiger partial charge is 0.455 e. The van der Waals surface area contributed by atoms with Gasteiger partial charge in [-0.15, -0.1) is 11.3 Å². The molecular formula is C55H29N3O2S. The maximum absolute atomic E-state index is 6.93. The van der Waals surface area contributed by atoms with Crippen molar-refractivity contribution in [3.8, 4) is 34.2 Å². The van der Waals surface area contributed by atoms with Gasteiger partial charge in [0.15, 0.2) is 17.5 Å². The highest BCUT2D eigenvalue weighted by Gasteiger charge is 2.24. The molecule has 14 rings (SSSR count). The van der Waals surface area contributed by atoms with Gasteiger partial charge < -0.3 is 8.83 Å². The van der Waals surface area contributed by atoms with Gasteiger partial charge >= 0.3 is 0 Å². The van der Waals surface area contributed by atoms with Crippen LogP contribution in [-0.4, -0.2) is 15.0 Å². The molecule has 0 amide bonds. The van der Waals surface area contributed by atoms with Gasteiger partial charge in [0.05, 0.1) is 11.1 Å². The smallest absolute Gasteiger partial charge is 0.167 e. The van der Waals surface area contributed by atoms with E-state index in [4.69, 9.17) is 23.8 Å². The van der Waals surface area contributed by atoms with Gasteiger partial charge in [0.1, 0.15) is 22.3 Å². The summed E-state index contributed by atoms with van der Waals surface area (Å²) in [5.41, 5.74) is 5.63. The molecule has 0 bridgehead atoms. The van der Waals surface area contributed by atoms with Gasteiger partial charge in [-0.2, -0.15) is 0 Å². The van der Waals surface area contributed by atoms with E-state index in [1.807, 2.05) is 0 Å². The number of hydrogen-bond donors (Lipinski definition) is 0. The van der Waals surface area contributed by atoms with Crippen LogP contribution in [0.15, 0.2) is 185 Å². The molecule has 0 saturated carbocycles. The van der Waals surface area contributed by atoms with Crippen LogP contribution in [0.3, 0.4) is 0 Å². The molecule has 0 aliphatic carbocycles. The van der Waals surface area contributed by atoms with E-state index in [1.54, 1.807) is 11.3 Å². The van der Waals surface area contributed by atoms with Gasteiger partial charge in [-0.05, 0) is 91.6 Å². The number of fused-ring (bicyclic) bond motifs is 17. The Morgan fingerprint density at radius 3 is 1.33 bits per heavy atom. The molecule has 0 radical (unpaired) electrons. The third-order valence-electron chi connectivity index (χ3n) is 12.5. The lowest BCUT2D eigenvalue weighted by Gasteiger charge is -2.11. The van der Waals surface area contributed by atoms with Crippen molar-refractivity contribution >= 4 is 118 Å². The SMILES string of the molecule is c1ccc2c(c1)ccc1oc3c(-c4nc(-c5ccc6sc7ccccc7c6c5)nc(-c5cc6ccccc6c6c5oc5ccc7ccccc7c56)n4)cc4ccccc4c3c12. The van der Waals surface area contributed by atoms with Gasteiger partial charge in [0.25, 0.3) is 0 Å². The van der Waals surface area contributed by atoms with E-state index >= 15 is 0 Å². The molecule has 4 aromatic heterocycles. The maximum Gasteiger partial charge on any atom is 0.167 e. The van der Waals surface area contributed by atoms with Crippen LogP contribution in [0.5, 0.6) is 0 Å². The fraction of sp³-hybridized carbons (Fsp3) is 0. The molecule has 0 fully saturated rings. The number of furan rings is 2. The zero-order chi connectivity index (χ0) is 39.8. The molecule has 0 atom stereocenters. The predicted octanol–water partition coefficient (Wildman–Crippen LogP) is 15.7. The van der Waals surface area contributed by atoms with Gasteiger partial charge in [-0.3, -0.25) is 0 Å². The molecule has 0 N–H and O–H groups in total. The van der Waals surface area contributed by atoms with Gasteiger partial charge in [0.2, 0.25) is 0 Å². The highest BCUT2D eigenvalue weighted by molar-refractivity contribution is 7.25. The summed E-state index contributed by atoms with van der Waals surface area (Å²) in [4.78, 5) is 16.2. The molecule has 6 heteroatoms. The summed E-state index contributed by atoms with van der Waals surface area (Å²) in [5.74, 6) is 1.62. The molecule has 0 aliphatic rings. The van der Waals surface area contributed by atoms with Crippen molar-refractivity contribution in [1.82, 2.24) is 15.0 Å². The number of benzene rings is 10. The molecule has 0 unspecified atom stereocenters. The van der Waals surface area contributed by atoms with Gasteiger partial charge in [0, 0.05) is 47.3 Å². The number of aromatic nitrogens is 3. The van der Waals surface area contributed by atoms with Crippen molar-refractivity contribution in [3.05, 3.63) is 176 Å². The first-order chi connectivity index (χ1) is 30.2. The van der Waals surface area contributed by atoms with Crippen LogP contribution in [0.2, 0.25) is 0 Å². The summed E-state index contributed by atoms with van der Waals surface area (Å²) in [5, 5.41) is 15.7. The topological polar surface area (TPSA) is 65.0 Å².